The van der Waals surface area contributed by atoms with Gasteiger partial charge in [0, 0.05) is 31.9 Å². The van der Waals surface area contributed by atoms with Crippen LogP contribution in [0.1, 0.15) is 18.1 Å². The fourth-order valence-electron chi connectivity index (χ4n) is 3.53. The normalized spacial score (nSPS) is 17.1. The Morgan fingerprint density at radius 2 is 1.59 bits per heavy atom. The highest BCUT2D eigenvalue weighted by molar-refractivity contribution is 7.89. The van der Waals surface area contributed by atoms with Gasteiger partial charge >= 0.3 is 0 Å². The van der Waals surface area contributed by atoms with E-state index in [0.29, 0.717) is 13.1 Å². The minimum Gasteiger partial charge on any atom is -0.324 e. The fourth-order valence-corrected chi connectivity index (χ4v) is 5.02. The third-order valence-electron chi connectivity index (χ3n) is 5.38. The lowest BCUT2D eigenvalue weighted by molar-refractivity contribution is -0.121. The monoisotopic (exact) mass is 419 g/mol. The average molecular weight is 420 g/mol. The highest BCUT2D eigenvalue weighted by Gasteiger charge is 2.33. The number of nitrogens with zero attached hydrogens (tertiary/aromatic N) is 2. The van der Waals surface area contributed by atoms with Crippen molar-refractivity contribution >= 4 is 21.6 Å². The molecule has 0 aromatic heterocycles. The molecule has 0 saturated carbocycles. The van der Waals surface area contributed by atoms with Crippen molar-refractivity contribution in [3.05, 3.63) is 59.4 Å². The quantitative estimate of drug-likeness (QED) is 0.809. The first-order valence-electron chi connectivity index (χ1n) is 9.57. The number of rotatable bonds is 5. The van der Waals surface area contributed by atoms with E-state index in [9.17, 15) is 17.6 Å². The van der Waals surface area contributed by atoms with Crippen LogP contribution in [0.3, 0.4) is 0 Å². The van der Waals surface area contributed by atoms with Gasteiger partial charge < -0.3 is 5.32 Å². The first kappa shape index (κ1) is 21.4. The second kappa shape index (κ2) is 8.61. The predicted octanol–water partition coefficient (Wildman–Crippen LogP) is 2.78. The van der Waals surface area contributed by atoms with Crippen molar-refractivity contribution in [3.63, 3.8) is 0 Å². The molecule has 1 aliphatic heterocycles. The summed E-state index contributed by atoms with van der Waals surface area (Å²) in [6.45, 7) is 6.91. The van der Waals surface area contributed by atoms with E-state index in [1.54, 1.807) is 0 Å². The predicted molar refractivity (Wildman–Crippen MR) is 111 cm³/mol. The number of piperazine rings is 1. The van der Waals surface area contributed by atoms with Crippen LogP contribution in [-0.2, 0) is 14.8 Å². The van der Waals surface area contributed by atoms with Gasteiger partial charge in [0.05, 0.1) is 6.04 Å². The molecule has 29 heavy (non-hydrogen) atoms. The smallest absolute Gasteiger partial charge is 0.246 e. The molecule has 0 radical (unpaired) electrons. The van der Waals surface area contributed by atoms with Gasteiger partial charge in [-0.05, 0) is 44.0 Å². The Labute approximate surface area is 171 Å². The van der Waals surface area contributed by atoms with Crippen molar-refractivity contribution in [1.29, 1.82) is 0 Å². The van der Waals surface area contributed by atoms with Crippen molar-refractivity contribution in [2.24, 2.45) is 0 Å². The van der Waals surface area contributed by atoms with Crippen LogP contribution in [0.5, 0.6) is 0 Å². The number of hydrogen-bond acceptors (Lipinski definition) is 4. The summed E-state index contributed by atoms with van der Waals surface area (Å²) >= 11 is 0. The molecule has 1 atom stereocenters. The Balaban J connectivity index is 1.64. The summed E-state index contributed by atoms with van der Waals surface area (Å²) in [5.74, 6) is -0.885. The Bertz CT molecular complexity index is 982. The number of amides is 1. The minimum atomic E-state index is -3.89. The summed E-state index contributed by atoms with van der Waals surface area (Å²) in [5, 5.41) is 2.99. The van der Waals surface area contributed by atoms with Gasteiger partial charge in [-0.2, -0.15) is 4.31 Å². The number of carbonyl (C=O) groups excluding carboxylic acids is 1. The van der Waals surface area contributed by atoms with Gasteiger partial charge in [-0.3, -0.25) is 9.69 Å². The van der Waals surface area contributed by atoms with Gasteiger partial charge in [-0.25, -0.2) is 12.8 Å². The number of carbonyl (C=O) groups is 1. The third kappa shape index (κ3) is 4.49. The lowest BCUT2D eigenvalue weighted by Crippen LogP contribution is -2.54. The first-order valence-corrected chi connectivity index (χ1v) is 11.0. The maximum Gasteiger partial charge on any atom is 0.246 e. The average Bonchev–Trinajstić information content (AvgIpc) is 2.70. The molecule has 1 fully saturated rings. The summed E-state index contributed by atoms with van der Waals surface area (Å²) in [7, 11) is -3.89. The van der Waals surface area contributed by atoms with E-state index < -0.39 is 21.9 Å². The van der Waals surface area contributed by atoms with E-state index >= 15 is 0 Å². The third-order valence-corrected chi connectivity index (χ3v) is 7.32. The van der Waals surface area contributed by atoms with Crippen LogP contribution in [0.2, 0.25) is 0 Å². The van der Waals surface area contributed by atoms with E-state index in [-0.39, 0.29) is 23.9 Å². The summed E-state index contributed by atoms with van der Waals surface area (Å²) in [6.07, 6.45) is 0. The molecular formula is C21H26FN3O3S. The van der Waals surface area contributed by atoms with Crippen LogP contribution >= 0.6 is 0 Å². The molecule has 0 aliphatic carbocycles. The zero-order chi connectivity index (χ0) is 21.2. The van der Waals surface area contributed by atoms with Gasteiger partial charge in [0.15, 0.2) is 0 Å². The van der Waals surface area contributed by atoms with Gasteiger partial charge in [-0.1, -0.05) is 30.3 Å². The number of benzene rings is 2. The second-order valence-electron chi connectivity index (χ2n) is 7.30. The van der Waals surface area contributed by atoms with E-state index in [0.717, 1.165) is 22.9 Å². The molecule has 0 bridgehead atoms. The van der Waals surface area contributed by atoms with Crippen LogP contribution < -0.4 is 5.32 Å². The standard InChI is InChI=1S/C21H26FN3O3S/c1-15-7-6-8-16(2)20(15)23-21(26)17(3)24-11-13-25(14-12-24)29(27,28)19-10-5-4-9-18(19)22/h4-10,17H,11-14H2,1-3H3,(H,23,26)/t17-/m0/s1. The number of halogens is 1. The molecule has 6 nitrogen and oxygen atoms in total. The fraction of sp³-hybridized carbons (Fsp3) is 0.381. The van der Waals surface area contributed by atoms with Crippen molar-refractivity contribution < 1.29 is 17.6 Å². The van der Waals surface area contributed by atoms with Crippen LogP contribution in [-0.4, -0.2) is 55.8 Å². The van der Waals surface area contributed by atoms with Crippen molar-refractivity contribution in [3.8, 4) is 0 Å². The number of para-hydroxylation sites is 1. The minimum absolute atomic E-state index is 0.132. The lowest BCUT2D eigenvalue weighted by atomic mass is 10.1. The van der Waals surface area contributed by atoms with Crippen LogP contribution in [0.15, 0.2) is 47.4 Å². The molecular weight excluding hydrogens is 393 g/mol. The molecule has 8 heteroatoms. The molecule has 3 rings (SSSR count). The zero-order valence-electron chi connectivity index (χ0n) is 16.9. The Hall–Kier alpha value is -2.29. The van der Waals surface area contributed by atoms with E-state index in [4.69, 9.17) is 0 Å². The molecule has 1 heterocycles. The molecule has 2 aromatic rings. The number of anilines is 1. The van der Waals surface area contributed by atoms with Crippen molar-refractivity contribution in [2.45, 2.75) is 31.7 Å². The van der Waals surface area contributed by atoms with E-state index in [2.05, 4.69) is 5.32 Å². The Morgan fingerprint density at radius 1 is 1.00 bits per heavy atom. The molecule has 1 N–H and O–H groups in total. The van der Waals surface area contributed by atoms with Crippen molar-refractivity contribution in [2.75, 3.05) is 31.5 Å². The van der Waals surface area contributed by atoms with E-state index in [1.807, 2.05) is 43.9 Å². The summed E-state index contributed by atoms with van der Waals surface area (Å²) in [4.78, 5) is 14.4. The maximum atomic E-state index is 14.0. The Morgan fingerprint density at radius 3 is 2.17 bits per heavy atom. The van der Waals surface area contributed by atoms with Gasteiger partial charge in [0.2, 0.25) is 15.9 Å². The number of sulfonamides is 1. The topological polar surface area (TPSA) is 69.7 Å². The Kier molecular flexibility index (Phi) is 6.36. The molecule has 1 aliphatic rings. The SMILES string of the molecule is Cc1cccc(C)c1NC(=O)[C@H](C)N1CCN(S(=O)(=O)c2ccccc2F)CC1. The van der Waals surface area contributed by atoms with Gasteiger partial charge in [-0.15, -0.1) is 0 Å². The number of hydrogen-bond donors (Lipinski definition) is 1. The highest BCUT2D eigenvalue weighted by Crippen LogP contribution is 2.22. The van der Waals surface area contributed by atoms with Crippen molar-refractivity contribution in [1.82, 2.24) is 9.21 Å². The molecule has 2 aromatic carbocycles. The van der Waals surface area contributed by atoms with Gasteiger partial charge in [0.25, 0.3) is 0 Å². The summed E-state index contributed by atoms with van der Waals surface area (Å²) in [6, 6.07) is 10.8. The van der Waals surface area contributed by atoms with Crippen LogP contribution in [0.25, 0.3) is 0 Å². The molecule has 0 unspecified atom stereocenters. The molecule has 1 amide bonds. The second-order valence-corrected chi connectivity index (χ2v) is 9.21. The largest absolute Gasteiger partial charge is 0.324 e. The van der Waals surface area contributed by atoms with E-state index in [1.165, 1.54) is 22.5 Å². The number of aryl methyl sites for hydroxylation is 2. The summed E-state index contributed by atoms with van der Waals surface area (Å²) < 4.78 is 40.7. The lowest BCUT2D eigenvalue weighted by Gasteiger charge is -2.36. The molecule has 0 spiro atoms. The van der Waals surface area contributed by atoms with Gasteiger partial charge in [0.1, 0.15) is 10.7 Å². The first-order chi connectivity index (χ1) is 13.7. The maximum absolute atomic E-state index is 14.0. The molecule has 156 valence electrons. The highest BCUT2D eigenvalue weighted by atomic mass is 32.2. The van der Waals surface area contributed by atoms with Crippen LogP contribution in [0, 0.1) is 19.7 Å². The number of nitrogens with one attached hydrogen (secondary N) is 1. The zero-order valence-corrected chi connectivity index (χ0v) is 17.7. The van der Waals surface area contributed by atoms with Crippen LogP contribution in [0.4, 0.5) is 10.1 Å². The molecule has 1 saturated heterocycles. The summed E-state index contributed by atoms with van der Waals surface area (Å²) in [5.41, 5.74) is 2.79.